The Kier molecular flexibility index (Phi) is 5.26. The Bertz CT molecular complexity index is 214. The largest absolute Gasteiger partial charge is 0.378 e. The van der Waals surface area contributed by atoms with Crippen LogP contribution in [0.3, 0.4) is 0 Å². The van der Waals surface area contributed by atoms with Crippen LogP contribution >= 0.6 is 0 Å². The molecule has 0 aromatic rings. The number of piperazine rings is 1. The molecular weight excluding hydrogens is 212 g/mol. The fourth-order valence-corrected chi connectivity index (χ4v) is 2.85. The van der Waals surface area contributed by atoms with Crippen LogP contribution in [0.5, 0.6) is 0 Å². The zero-order chi connectivity index (χ0) is 12.1. The molecule has 0 saturated carbocycles. The van der Waals surface area contributed by atoms with Crippen molar-refractivity contribution in [2.24, 2.45) is 5.92 Å². The number of hydrogen-bond donors (Lipinski definition) is 1. The molecule has 0 bridgehead atoms. The van der Waals surface area contributed by atoms with Crippen molar-refractivity contribution in [1.82, 2.24) is 10.2 Å². The Morgan fingerprint density at radius 2 is 2.24 bits per heavy atom. The van der Waals surface area contributed by atoms with E-state index in [1.54, 1.807) is 0 Å². The second-order valence-corrected chi connectivity index (χ2v) is 5.88. The monoisotopic (exact) mass is 240 g/mol. The molecule has 0 amide bonds. The quantitative estimate of drug-likeness (QED) is 0.812. The van der Waals surface area contributed by atoms with Crippen molar-refractivity contribution in [1.29, 1.82) is 0 Å². The lowest BCUT2D eigenvalue weighted by atomic mass is 10.0. The lowest BCUT2D eigenvalue weighted by molar-refractivity contribution is 0.00354. The maximum Gasteiger partial charge on any atom is 0.0587 e. The van der Waals surface area contributed by atoms with Crippen LogP contribution in [-0.2, 0) is 4.74 Å². The maximum absolute atomic E-state index is 5.80. The number of rotatable bonds is 4. The zero-order valence-corrected chi connectivity index (χ0v) is 11.5. The highest BCUT2D eigenvalue weighted by molar-refractivity contribution is 4.81. The van der Waals surface area contributed by atoms with E-state index in [1.807, 2.05) is 0 Å². The van der Waals surface area contributed by atoms with E-state index in [1.165, 1.54) is 45.3 Å². The molecule has 0 radical (unpaired) electrons. The third kappa shape index (κ3) is 4.23. The summed E-state index contributed by atoms with van der Waals surface area (Å²) in [6.45, 7) is 10.4. The van der Waals surface area contributed by atoms with Gasteiger partial charge in [0.25, 0.3) is 0 Å². The smallest absolute Gasteiger partial charge is 0.0587 e. The van der Waals surface area contributed by atoms with Gasteiger partial charge in [-0.05, 0) is 31.6 Å². The van der Waals surface area contributed by atoms with Gasteiger partial charge >= 0.3 is 0 Å². The molecule has 2 rings (SSSR count). The fourth-order valence-electron chi connectivity index (χ4n) is 2.85. The molecule has 100 valence electrons. The average molecular weight is 240 g/mol. The van der Waals surface area contributed by atoms with E-state index in [2.05, 4.69) is 24.1 Å². The summed E-state index contributed by atoms with van der Waals surface area (Å²) in [5, 5.41) is 3.61. The second-order valence-electron chi connectivity index (χ2n) is 5.88. The summed E-state index contributed by atoms with van der Waals surface area (Å²) in [4.78, 5) is 2.61. The Morgan fingerprint density at radius 1 is 1.35 bits per heavy atom. The fraction of sp³-hybridized carbons (Fsp3) is 1.00. The van der Waals surface area contributed by atoms with Gasteiger partial charge in [0.05, 0.1) is 6.10 Å². The highest BCUT2D eigenvalue weighted by atomic mass is 16.5. The van der Waals surface area contributed by atoms with Crippen molar-refractivity contribution in [3.05, 3.63) is 0 Å². The molecule has 2 unspecified atom stereocenters. The minimum absolute atomic E-state index is 0.538. The minimum Gasteiger partial charge on any atom is -0.378 e. The number of hydrogen-bond acceptors (Lipinski definition) is 3. The van der Waals surface area contributed by atoms with E-state index in [9.17, 15) is 0 Å². The molecule has 0 aromatic heterocycles. The summed E-state index contributed by atoms with van der Waals surface area (Å²) in [5.41, 5.74) is 0. The first-order chi connectivity index (χ1) is 8.25. The molecule has 2 aliphatic rings. The SMILES string of the molecule is CC(C)C1CN(CCC2CCCCO2)CCN1. The second kappa shape index (κ2) is 6.72. The van der Waals surface area contributed by atoms with E-state index in [0.29, 0.717) is 12.1 Å². The van der Waals surface area contributed by atoms with Crippen molar-refractivity contribution in [2.75, 3.05) is 32.8 Å². The maximum atomic E-state index is 5.80. The van der Waals surface area contributed by atoms with Crippen molar-refractivity contribution < 1.29 is 4.74 Å². The Balaban J connectivity index is 1.67. The van der Waals surface area contributed by atoms with Gasteiger partial charge in [-0.3, -0.25) is 0 Å². The molecule has 17 heavy (non-hydrogen) atoms. The molecule has 3 heteroatoms. The highest BCUT2D eigenvalue weighted by Gasteiger charge is 2.22. The Hall–Kier alpha value is -0.120. The standard InChI is InChI=1S/C14H28N2O/c1-12(2)14-11-16(9-7-15-14)8-6-13-5-3-4-10-17-13/h12-15H,3-11H2,1-2H3. The molecule has 2 fully saturated rings. The van der Waals surface area contributed by atoms with Crippen molar-refractivity contribution in [2.45, 2.75) is 51.7 Å². The molecule has 0 spiro atoms. The summed E-state index contributed by atoms with van der Waals surface area (Å²) < 4.78 is 5.80. The zero-order valence-electron chi connectivity index (χ0n) is 11.5. The minimum atomic E-state index is 0.538. The van der Waals surface area contributed by atoms with Crippen LogP contribution in [0.2, 0.25) is 0 Å². The van der Waals surface area contributed by atoms with Gasteiger partial charge in [-0.2, -0.15) is 0 Å². The number of nitrogens with one attached hydrogen (secondary N) is 1. The Morgan fingerprint density at radius 3 is 2.94 bits per heavy atom. The van der Waals surface area contributed by atoms with Crippen molar-refractivity contribution in [3.8, 4) is 0 Å². The van der Waals surface area contributed by atoms with Crippen LogP contribution < -0.4 is 5.32 Å². The third-order valence-corrected chi connectivity index (χ3v) is 4.14. The molecule has 3 nitrogen and oxygen atoms in total. The molecule has 2 heterocycles. The normalized spacial score (nSPS) is 31.9. The third-order valence-electron chi connectivity index (χ3n) is 4.14. The van der Waals surface area contributed by atoms with Crippen molar-refractivity contribution in [3.63, 3.8) is 0 Å². The average Bonchev–Trinajstić information content (AvgIpc) is 2.38. The summed E-state index contributed by atoms with van der Waals surface area (Å²) in [7, 11) is 0. The molecule has 0 aromatic carbocycles. The van der Waals surface area contributed by atoms with Gasteiger partial charge in [-0.1, -0.05) is 13.8 Å². The number of ether oxygens (including phenoxy) is 1. The van der Waals surface area contributed by atoms with E-state index < -0.39 is 0 Å². The summed E-state index contributed by atoms with van der Waals surface area (Å²) in [6, 6.07) is 0.677. The first-order valence-electron chi connectivity index (χ1n) is 7.33. The molecule has 2 aliphatic heterocycles. The first-order valence-corrected chi connectivity index (χ1v) is 7.33. The van der Waals surface area contributed by atoms with Gasteiger partial charge in [-0.15, -0.1) is 0 Å². The van der Waals surface area contributed by atoms with E-state index in [-0.39, 0.29) is 0 Å². The topological polar surface area (TPSA) is 24.5 Å². The van der Waals surface area contributed by atoms with Crippen LogP contribution in [0.15, 0.2) is 0 Å². The van der Waals surface area contributed by atoms with Crippen LogP contribution in [-0.4, -0.2) is 49.8 Å². The predicted octanol–water partition coefficient (Wildman–Crippen LogP) is 1.88. The molecule has 2 saturated heterocycles. The molecule has 2 atom stereocenters. The van der Waals surface area contributed by atoms with Gasteiger partial charge in [-0.25, -0.2) is 0 Å². The molecule has 1 N–H and O–H groups in total. The van der Waals surface area contributed by atoms with Crippen molar-refractivity contribution >= 4 is 0 Å². The van der Waals surface area contributed by atoms with Crippen LogP contribution in [0, 0.1) is 5.92 Å². The lowest BCUT2D eigenvalue weighted by Crippen LogP contribution is -2.53. The predicted molar refractivity (Wildman–Crippen MR) is 71.3 cm³/mol. The van der Waals surface area contributed by atoms with Crippen LogP contribution in [0.25, 0.3) is 0 Å². The van der Waals surface area contributed by atoms with Gasteiger partial charge in [0.2, 0.25) is 0 Å². The van der Waals surface area contributed by atoms with Crippen LogP contribution in [0.1, 0.15) is 39.5 Å². The first kappa shape index (κ1) is 13.3. The Labute approximate surface area is 106 Å². The summed E-state index contributed by atoms with van der Waals surface area (Å²) >= 11 is 0. The van der Waals surface area contributed by atoms with Gasteiger partial charge < -0.3 is 15.0 Å². The van der Waals surface area contributed by atoms with Gasteiger partial charge in [0, 0.05) is 38.8 Å². The highest BCUT2D eigenvalue weighted by Crippen LogP contribution is 2.17. The number of nitrogens with zero attached hydrogens (tertiary/aromatic N) is 1. The van der Waals surface area contributed by atoms with Crippen LogP contribution in [0.4, 0.5) is 0 Å². The van der Waals surface area contributed by atoms with E-state index in [0.717, 1.165) is 19.1 Å². The van der Waals surface area contributed by atoms with Gasteiger partial charge in [0.15, 0.2) is 0 Å². The van der Waals surface area contributed by atoms with E-state index >= 15 is 0 Å². The summed E-state index contributed by atoms with van der Waals surface area (Å²) in [6.07, 6.45) is 5.67. The molecule has 0 aliphatic carbocycles. The summed E-state index contributed by atoms with van der Waals surface area (Å²) in [5.74, 6) is 0.740. The lowest BCUT2D eigenvalue weighted by Gasteiger charge is -2.36. The van der Waals surface area contributed by atoms with E-state index in [4.69, 9.17) is 4.74 Å². The molecular formula is C14H28N2O. The van der Waals surface area contributed by atoms with Gasteiger partial charge in [0.1, 0.15) is 0 Å².